The number of amides is 1. The van der Waals surface area contributed by atoms with Gasteiger partial charge in [-0.1, -0.05) is 19.6 Å². The predicted molar refractivity (Wildman–Crippen MR) is 167 cm³/mol. The number of nitrogens with one attached hydrogen (secondary N) is 2. The number of rotatable bonds is 13. The fraction of sp³-hybridized carbons (Fsp3) is 0.355. The molecule has 0 saturated carbocycles. The van der Waals surface area contributed by atoms with Gasteiger partial charge >= 0.3 is 6.09 Å². The molecule has 0 spiro atoms. The summed E-state index contributed by atoms with van der Waals surface area (Å²) in [6.45, 7) is 10.5. The van der Waals surface area contributed by atoms with Crippen LogP contribution in [-0.4, -0.2) is 50.1 Å². The standard InChI is InChI=1S/C31H35F2N4O7Si/c1-5-42-31(17-41-18-31)23-16-37(19-40-12-13-45(2,3)4)29-27(23)26(10-11-34-29)44-28-24(32)14-21(15-25(28)33)35-30(38)43-22-8-6-20(36-39)7-9-22/h6-11,14-16,36H,5,12-13,17-19H2,1-4H3,(H,35,38)/q-1. The van der Waals surface area contributed by atoms with Gasteiger partial charge in [0, 0.05) is 57.1 Å². The van der Waals surface area contributed by atoms with Crippen LogP contribution < -0.4 is 20.3 Å². The van der Waals surface area contributed by atoms with Crippen molar-refractivity contribution in [2.24, 2.45) is 0 Å². The van der Waals surface area contributed by atoms with Crippen LogP contribution in [0.3, 0.4) is 0 Å². The molecule has 0 atom stereocenters. The highest BCUT2D eigenvalue weighted by Crippen LogP contribution is 2.43. The van der Waals surface area contributed by atoms with Gasteiger partial charge in [-0.3, -0.25) is 5.32 Å². The van der Waals surface area contributed by atoms with Crippen molar-refractivity contribution in [1.82, 2.24) is 9.55 Å². The van der Waals surface area contributed by atoms with Gasteiger partial charge in [-0.2, -0.15) is 0 Å². The summed E-state index contributed by atoms with van der Waals surface area (Å²) in [6.07, 6.45) is 2.38. The Morgan fingerprint density at radius 1 is 1.11 bits per heavy atom. The van der Waals surface area contributed by atoms with E-state index in [9.17, 15) is 10.0 Å². The number of carbonyl (C=O) groups excluding carboxylic acids is 1. The fourth-order valence-corrected chi connectivity index (χ4v) is 5.57. The topological polar surface area (TPSA) is 128 Å². The lowest BCUT2D eigenvalue weighted by Crippen LogP contribution is -2.49. The third-order valence-corrected chi connectivity index (χ3v) is 8.87. The first-order valence-corrected chi connectivity index (χ1v) is 18.1. The maximum Gasteiger partial charge on any atom is 0.417 e. The number of aromatic nitrogens is 2. The Labute approximate surface area is 260 Å². The lowest BCUT2D eigenvalue weighted by molar-refractivity contribution is -0.213. The van der Waals surface area contributed by atoms with E-state index in [1.165, 1.54) is 36.5 Å². The average Bonchev–Trinajstić information content (AvgIpc) is 3.34. The van der Waals surface area contributed by atoms with Crippen molar-refractivity contribution >= 4 is 36.6 Å². The van der Waals surface area contributed by atoms with Gasteiger partial charge in [0.05, 0.1) is 24.3 Å². The third kappa shape index (κ3) is 7.42. The van der Waals surface area contributed by atoms with E-state index in [1.807, 2.05) is 17.7 Å². The summed E-state index contributed by atoms with van der Waals surface area (Å²) >= 11 is 0. The second-order valence-electron chi connectivity index (χ2n) is 11.8. The molecule has 1 aliphatic heterocycles. The molecule has 0 bridgehead atoms. The van der Waals surface area contributed by atoms with Crippen LogP contribution in [0.25, 0.3) is 11.0 Å². The monoisotopic (exact) mass is 641 g/mol. The third-order valence-electron chi connectivity index (χ3n) is 7.17. The molecule has 1 fully saturated rings. The molecule has 45 heavy (non-hydrogen) atoms. The maximum absolute atomic E-state index is 15.3. The SMILES string of the molecule is CCOC1(c2cn(COCC[Si](C)(C)C)c3nccc(Oc4c(F)cc(NC(=O)Oc5ccc(N[O-])cc5)cc4F)c23)COC1. The molecule has 0 radical (unpaired) electrons. The molecule has 0 aliphatic carbocycles. The molecular formula is C31H35F2N4O7Si-. The summed E-state index contributed by atoms with van der Waals surface area (Å²) in [5, 5.41) is 13.5. The largest absolute Gasteiger partial charge is 0.761 e. The van der Waals surface area contributed by atoms with Crippen LogP contribution in [0.15, 0.2) is 54.9 Å². The molecule has 5 rings (SSSR count). The second kappa shape index (κ2) is 13.5. The van der Waals surface area contributed by atoms with E-state index in [0.717, 1.165) is 18.2 Å². The van der Waals surface area contributed by atoms with E-state index >= 15 is 8.78 Å². The van der Waals surface area contributed by atoms with Crippen LogP contribution in [-0.2, 0) is 26.5 Å². The molecular weight excluding hydrogens is 606 g/mol. The molecule has 3 heterocycles. The zero-order valence-corrected chi connectivity index (χ0v) is 26.4. The van der Waals surface area contributed by atoms with Crippen LogP contribution in [0, 0.1) is 16.8 Å². The van der Waals surface area contributed by atoms with Gasteiger partial charge in [-0.25, -0.2) is 18.6 Å². The average molecular weight is 642 g/mol. The summed E-state index contributed by atoms with van der Waals surface area (Å²) in [5.74, 6) is -2.48. The summed E-state index contributed by atoms with van der Waals surface area (Å²) in [4.78, 5) is 16.9. The maximum atomic E-state index is 15.3. The highest BCUT2D eigenvalue weighted by molar-refractivity contribution is 6.76. The van der Waals surface area contributed by atoms with Crippen molar-refractivity contribution in [3.8, 4) is 17.2 Å². The van der Waals surface area contributed by atoms with Crippen LogP contribution in [0.4, 0.5) is 25.0 Å². The zero-order chi connectivity index (χ0) is 32.2. The number of carbonyl (C=O) groups is 1. The normalized spacial score (nSPS) is 14.2. The van der Waals surface area contributed by atoms with Gasteiger partial charge in [-0.05, 0) is 43.3 Å². The smallest absolute Gasteiger partial charge is 0.417 e. The molecule has 2 aromatic carbocycles. The Morgan fingerprint density at radius 2 is 1.82 bits per heavy atom. The van der Waals surface area contributed by atoms with Crippen LogP contribution in [0.2, 0.25) is 25.7 Å². The van der Waals surface area contributed by atoms with Gasteiger partial charge in [-0.15, -0.1) is 0 Å². The number of ether oxygens (including phenoxy) is 5. The summed E-state index contributed by atoms with van der Waals surface area (Å²) in [6, 6.07) is 9.95. The van der Waals surface area contributed by atoms with Gasteiger partial charge in [0.15, 0.2) is 17.4 Å². The molecule has 2 N–H and O–H groups in total. The number of hydrogen-bond donors (Lipinski definition) is 2. The highest BCUT2D eigenvalue weighted by atomic mass is 28.3. The Kier molecular flexibility index (Phi) is 9.69. The quantitative estimate of drug-likeness (QED) is 0.0885. The Balaban J connectivity index is 1.41. The van der Waals surface area contributed by atoms with Gasteiger partial charge in [0.1, 0.15) is 29.5 Å². The molecule has 14 heteroatoms. The minimum Gasteiger partial charge on any atom is -0.761 e. The van der Waals surface area contributed by atoms with Crippen molar-refractivity contribution in [3.63, 3.8) is 0 Å². The first kappa shape index (κ1) is 32.3. The van der Waals surface area contributed by atoms with E-state index in [4.69, 9.17) is 23.7 Å². The van der Waals surface area contributed by atoms with E-state index in [1.54, 1.807) is 5.48 Å². The second-order valence-corrected chi connectivity index (χ2v) is 17.4. The van der Waals surface area contributed by atoms with Crippen molar-refractivity contribution in [2.75, 3.05) is 37.2 Å². The Hall–Kier alpha value is -4.08. The zero-order valence-electron chi connectivity index (χ0n) is 25.4. The molecule has 0 unspecified atom stereocenters. The predicted octanol–water partition coefficient (Wildman–Crippen LogP) is 7.20. The van der Waals surface area contributed by atoms with Crippen LogP contribution >= 0.6 is 0 Å². The molecule has 240 valence electrons. The number of pyridine rings is 1. The van der Waals surface area contributed by atoms with Crippen molar-refractivity contribution in [3.05, 3.63) is 77.3 Å². The molecule has 1 amide bonds. The van der Waals surface area contributed by atoms with E-state index in [-0.39, 0.29) is 29.6 Å². The minimum atomic E-state index is -1.30. The number of halogens is 2. The van der Waals surface area contributed by atoms with Gasteiger partial charge in [0.2, 0.25) is 0 Å². The number of nitrogens with zero attached hydrogens (tertiary/aromatic N) is 2. The number of hydrogen-bond acceptors (Lipinski definition) is 9. The Morgan fingerprint density at radius 3 is 2.42 bits per heavy atom. The van der Waals surface area contributed by atoms with E-state index in [0.29, 0.717) is 43.0 Å². The summed E-state index contributed by atoms with van der Waals surface area (Å²) in [7, 11) is -1.30. The van der Waals surface area contributed by atoms with Crippen molar-refractivity contribution in [2.45, 2.75) is 44.9 Å². The molecule has 4 aromatic rings. The molecule has 2 aromatic heterocycles. The number of anilines is 2. The minimum absolute atomic E-state index is 0.125. The molecule has 11 nitrogen and oxygen atoms in total. The van der Waals surface area contributed by atoms with Crippen LogP contribution in [0.1, 0.15) is 12.5 Å². The first-order valence-electron chi connectivity index (χ1n) is 14.4. The first-order chi connectivity index (χ1) is 21.5. The van der Waals surface area contributed by atoms with Gasteiger partial charge in [0.25, 0.3) is 0 Å². The molecule has 1 saturated heterocycles. The lowest BCUT2D eigenvalue weighted by atomic mass is 9.91. The van der Waals surface area contributed by atoms with Crippen molar-refractivity contribution in [1.29, 1.82) is 0 Å². The van der Waals surface area contributed by atoms with E-state index < -0.39 is 37.2 Å². The summed E-state index contributed by atoms with van der Waals surface area (Å²) in [5.41, 5.74) is 2.22. The summed E-state index contributed by atoms with van der Waals surface area (Å²) < 4.78 is 61.1. The van der Waals surface area contributed by atoms with E-state index in [2.05, 4.69) is 29.9 Å². The van der Waals surface area contributed by atoms with Crippen molar-refractivity contribution < 1.29 is 37.3 Å². The Bertz CT molecular complexity index is 1630. The van der Waals surface area contributed by atoms with Gasteiger partial charge < -0.3 is 38.9 Å². The molecule has 1 aliphatic rings. The number of fused-ring (bicyclic) bond motifs is 1. The number of benzene rings is 2. The highest BCUT2D eigenvalue weighted by Gasteiger charge is 2.44. The fourth-order valence-electron chi connectivity index (χ4n) is 4.82. The van der Waals surface area contributed by atoms with Crippen LogP contribution in [0.5, 0.6) is 17.2 Å². The lowest BCUT2D eigenvalue weighted by Gasteiger charge is -2.41.